The van der Waals surface area contributed by atoms with E-state index >= 15 is 0 Å². The van der Waals surface area contributed by atoms with Crippen LogP contribution in [0.15, 0.2) is 0 Å². The monoisotopic (exact) mass is 199 g/mol. The van der Waals surface area contributed by atoms with Crippen molar-refractivity contribution in [1.82, 2.24) is 5.32 Å². The first kappa shape index (κ1) is 10.4. The summed E-state index contributed by atoms with van der Waals surface area (Å²) in [5.74, 6) is 1.54. The number of halogens is 1. The molecule has 0 spiro atoms. The van der Waals surface area contributed by atoms with E-state index in [1.165, 1.54) is 12.8 Å². The molecular weight excluding hydrogens is 177 g/mol. The van der Waals surface area contributed by atoms with E-state index in [4.69, 9.17) is 0 Å². The first-order valence-electron chi connectivity index (χ1n) is 6.08. The van der Waals surface area contributed by atoms with Crippen LogP contribution in [-0.2, 0) is 0 Å². The minimum absolute atomic E-state index is 0.168. The molecule has 14 heavy (non-hydrogen) atoms. The lowest BCUT2D eigenvalue weighted by Gasteiger charge is -2.42. The van der Waals surface area contributed by atoms with Crippen molar-refractivity contribution in [3.05, 3.63) is 0 Å². The number of nitrogens with one attached hydrogen (secondary N) is 1. The second-order valence-electron chi connectivity index (χ2n) is 5.31. The van der Waals surface area contributed by atoms with E-state index in [2.05, 4.69) is 19.2 Å². The minimum atomic E-state index is -0.580. The smallest absolute Gasteiger partial charge is 0.115 e. The molecule has 2 fully saturated rings. The molecule has 0 aromatic carbocycles. The molecule has 0 radical (unpaired) electrons. The van der Waals surface area contributed by atoms with Gasteiger partial charge >= 0.3 is 0 Å². The fourth-order valence-corrected chi connectivity index (χ4v) is 2.91. The van der Waals surface area contributed by atoms with Crippen molar-refractivity contribution in [3.8, 4) is 0 Å². The zero-order chi connectivity index (χ0) is 10.1. The van der Waals surface area contributed by atoms with Gasteiger partial charge in [-0.1, -0.05) is 13.8 Å². The van der Waals surface area contributed by atoms with Crippen LogP contribution in [0, 0.1) is 11.8 Å². The second kappa shape index (κ2) is 4.18. The van der Waals surface area contributed by atoms with Crippen molar-refractivity contribution in [2.75, 3.05) is 0 Å². The first-order chi connectivity index (χ1) is 6.68. The Morgan fingerprint density at radius 3 is 2.29 bits per heavy atom. The second-order valence-corrected chi connectivity index (χ2v) is 5.31. The van der Waals surface area contributed by atoms with Gasteiger partial charge in [0, 0.05) is 12.1 Å². The molecule has 0 aliphatic heterocycles. The molecule has 0 amide bonds. The maximum Gasteiger partial charge on any atom is 0.115 e. The molecule has 2 unspecified atom stereocenters. The number of alkyl halides is 1. The van der Waals surface area contributed by atoms with Gasteiger partial charge in [-0.05, 0) is 43.9 Å². The maximum absolute atomic E-state index is 13.4. The summed E-state index contributed by atoms with van der Waals surface area (Å²) in [6.07, 6.45) is 4.89. The minimum Gasteiger partial charge on any atom is -0.308 e. The van der Waals surface area contributed by atoms with Crippen LogP contribution in [0.2, 0.25) is 0 Å². The highest BCUT2D eigenvalue weighted by atomic mass is 19.1. The van der Waals surface area contributed by atoms with Crippen LogP contribution in [0.1, 0.15) is 46.0 Å². The molecule has 82 valence electrons. The summed E-state index contributed by atoms with van der Waals surface area (Å²) in [6, 6.07) is 0.776. The van der Waals surface area contributed by atoms with Gasteiger partial charge in [0.15, 0.2) is 0 Å². The standard InChI is InChI=1S/C12H22FN/c1-8(2)9-6-7-11(9)14-12-5-3-4-10(12)13/h8-12,14H,3-7H2,1-2H3/t9?,10-,11?,12+/m0/s1. The lowest BCUT2D eigenvalue weighted by Crippen LogP contribution is -2.51. The highest BCUT2D eigenvalue weighted by Crippen LogP contribution is 2.35. The van der Waals surface area contributed by atoms with Crippen LogP contribution in [0.5, 0.6) is 0 Å². The van der Waals surface area contributed by atoms with E-state index in [1.54, 1.807) is 0 Å². The Labute approximate surface area is 86.5 Å². The summed E-state index contributed by atoms with van der Waals surface area (Å²) in [4.78, 5) is 0. The van der Waals surface area contributed by atoms with Crippen LogP contribution in [0.3, 0.4) is 0 Å². The van der Waals surface area contributed by atoms with Crippen LogP contribution in [0.25, 0.3) is 0 Å². The van der Waals surface area contributed by atoms with E-state index in [0.29, 0.717) is 6.04 Å². The van der Waals surface area contributed by atoms with Crippen molar-refractivity contribution in [1.29, 1.82) is 0 Å². The third-order valence-electron chi connectivity index (χ3n) is 4.04. The Balaban J connectivity index is 1.80. The van der Waals surface area contributed by atoms with E-state index in [1.807, 2.05) is 0 Å². The number of hydrogen-bond acceptors (Lipinski definition) is 1. The fourth-order valence-electron chi connectivity index (χ4n) is 2.91. The average molecular weight is 199 g/mol. The molecule has 0 heterocycles. The van der Waals surface area contributed by atoms with Gasteiger partial charge in [0.2, 0.25) is 0 Å². The van der Waals surface area contributed by atoms with E-state index < -0.39 is 6.17 Å². The zero-order valence-electron chi connectivity index (χ0n) is 9.30. The summed E-state index contributed by atoms with van der Waals surface area (Å²) >= 11 is 0. The van der Waals surface area contributed by atoms with Crippen LogP contribution < -0.4 is 5.32 Å². The molecular formula is C12H22FN. The van der Waals surface area contributed by atoms with Gasteiger partial charge in [0.05, 0.1) is 0 Å². The average Bonchev–Trinajstić information content (AvgIpc) is 2.44. The van der Waals surface area contributed by atoms with Crippen molar-refractivity contribution in [3.63, 3.8) is 0 Å². The van der Waals surface area contributed by atoms with Crippen molar-refractivity contribution >= 4 is 0 Å². The largest absolute Gasteiger partial charge is 0.308 e. The van der Waals surface area contributed by atoms with E-state index in [-0.39, 0.29) is 6.04 Å². The molecule has 0 saturated heterocycles. The van der Waals surface area contributed by atoms with Crippen LogP contribution in [0.4, 0.5) is 4.39 Å². The lowest BCUT2D eigenvalue weighted by atomic mass is 9.72. The highest BCUT2D eigenvalue weighted by molar-refractivity contribution is 4.93. The molecule has 2 aliphatic carbocycles. The normalized spacial score (nSPS) is 42.9. The summed E-state index contributed by atoms with van der Waals surface area (Å²) in [6.45, 7) is 4.56. The Hall–Kier alpha value is -0.110. The van der Waals surface area contributed by atoms with Crippen molar-refractivity contribution in [2.24, 2.45) is 11.8 Å². The Morgan fingerprint density at radius 1 is 1.07 bits per heavy atom. The SMILES string of the molecule is CC(C)C1CCC1N[C@@H]1CCC[C@@H]1F. The highest BCUT2D eigenvalue weighted by Gasteiger charge is 2.37. The third-order valence-corrected chi connectivity index (χ3v) is 4.04. The van der Waals surface area contributed by atoms with Gasteiger partial charge in [-0.25, -0.2) is 4.39 Å². The van der Waals surface area contributed by atoms with Gasteiger partial charge in [0.1, 0.15) is 6.17 Å². The number of hydrogen-bond donors (Lipinski definition) is 1. The molecule has 2 saturated carbocycles. The van der Waals surface area contributed by atoms with Gasteiger partial charge < -0.3 is 5.32 Å². The Morgan fingerprint density at radius 2 is 1.86 bits per heavy atom. The van der Waals surface area contributed by atoms with Crippen LogP contribution >= 0.6 is 0 Å². The summed E-state index contributed by atoms with van der Waals surface area (Å²) < 4.78 is 13.4. The molecule has 1 nitrogen and oxygen atoms in total. The Kier molecular flexibility index (Phi) is 3.10. The molecule has 2 heteroatoms. The van der Waals surface area contributed by atoms with Gasteiger partial charge in [-0.3, -0.25) is 0 Å². The topological polar surface area (TPSA) is 12.0 Å². The molecule has 2 aliphatic rings. The van der Waals surface area contributed by atoms with Gasteiger partial charge in [-0.15, -0.1) is 0 Å². The third kappa shape index (κ3) is 1.95. The van der Waals surface area contributed by atoms with Crippen molar-refractivity contribution < 1.29 is 4.39 Å². The predicted molar refractivity (Wildman–Crippen MR) is 57.0 cm³/mol. The van der Waals surface area contributed by atoms with E-state index in [0.717, 1.165) is 31.1 Å². The summed E-state index contributed by atoms with van der Waals surface area (Å²) in [5.41, 5.74) is 0. The summed E-state index contributed by atoms with van der Waals surface area (Å²) in [5, 5.41) is 3.52. The molecule has 2 rings (SSSR count). The fraction of sp³-hybridized carbons (Fsp3) is 1.00. The van der Waals surface area contributed by atoms with Gasteiger partial charge in [0.25, 0.3) is 0 Å². The molecule has 1 N–H and O–H groups in total. The van der Waals surface area contributed by atoms with Gasteiger partial charge in [-0.2, -0.15) is 0 Å². The molecule has 0 bridgehead atoms. The first-order valence-corrected chi connectivity index (χ1v) is 6.08. The molecule has 4 atom stereocenters. The Bertz CT molecular complexity index is 193. The maximum atomic E-state index is 13.4. The van der Waals surface area contributed by atoms with E-state index in [9.17, 15) is 4.39 Å². The van der Waals surface area contributed by atoms with Crippen molar-refractivity contribution in [2.45, 2.75) is 64.2 Å². The number of rotatable bonds is 3. The van der Waals surface area contributed by atoms with Crippen LogP contribution in [-0.4, -0.2) is 18.3 Å². The lowest BCUT2D eigenvalue weighted by molar-refractivity contribution is 0.126. The quantitative estimate of drug-likeness (QED) is 0.737. The molecule has 0 aromatic heterocycles. The summed E-state index contributed by atoms with van der Waals surface area (Å²) in [7, 11) is 0. The zero-order valence-corrected chi connectivity index (χ0v) is 9.30. The predicted octanol–water partition coefficient (Wildman–Crippen LogP) is 2.90. The molecule has 0 aromatic rings.